The second-order valence-corrected chi connectivity index (χ2v) is 6.86. The number of aryl methyl sites for hydroxylation is 2. The van der Waals surface area contributed by atoms with Crippen LogP contribution in [-0.4, -0.2) is 53.6 Å². The average Bonchev–Trinajstić information content (AvgIpc) is 3.04. The highest BCUT2D eigenvalue weighted by atomic mass is 16.5. The minimum absolute atomic E-state index is 0.216. The number of rotatable bonds is 7. The molecule has 0 saturated carbocycles. The summed E-state index contributed by atoms with van der Waals surface area (Å²) in [5, 5.41) is 3.92. The highest BCUT2D eigenvalue weighted by molar-refractivity contribution is 5.76. The van der Waals surface area contributed by atoms with Crippen molar-refractivity contribution in [1.82, 2.24) is 15.0 Å². The summed E-state index contributed by atoms with van der Waals surface area (Å²) >= 11 is 0. The van der Waals surface area contributed by atoms with Gasteiger partial charge in [0, 0.05) is 38.7 Å². The molecule has 26 heavy (non-hydrogen) atoms. The molecule has 0 aliphatic carbocycles. The largest absolute Gasteiger partial charge is 0.494 e. The van der Waals surface area contributed by atoms with Crippen LogP contribution in [0.3, 0.4) is 0 Å². The zero-order valence-corrected chi connectivity index (χ0v) is 15.6. The first kappa shape index (κ1) is 18.5. The Morgan fingerprint density at radius 3 is 2.69 bits per heavy atom. The number of carbonyl (C=O) groups is 1. The van der Waals surface area contributed by atoms with Gasteiger partial charge in [-0.1, -0.05) is 17.3 Å². The van der Waals surface area contributed by atoms with Gasteiger partial charge in [-0.15, -0.1) is 0 Å². The molecule has 3 rings (SSSR count). The summed E-state index contributed by atoms with van der Waals surface area (Å²) in [5.41, 5.74) is 2.08. The smallest absolute Gasteiger partial charge is 0.222 e. The van der Waals surface area contributed by atoms with Crippen LogP contribution in [0.4, 0.5) is 0 Å². The van der Waals surface area contributed by atoms with E-state index < -0.39 is 0 Å². The summed E-state index contributed by atoms with van der Waals surface area (Å²) in [6.07, 6.45) is 1.28. The molecule has 140 valence electrons. The fourth-order valence-corrected chi connectivity index (χ4v) is 3.14. The van der Waals surface area contributed by atoms with Crippen LogP contribution in [0.1, 0.15) is 29.9 Å². The second kappa shape index (κ2) is 8.85. The standard InChI is InChI=1S/C20H27N3O3/c1-16-5-3-6-18(13-16)25-12-4-7-20(24)23-10-8-22(9-11-23)15-19-14-17(2)21-26-19/h3,5-6,13-14H,4,7-12,15H2,1-2H3. The van der Waals surface area contributed by atoms with Crippen molar-refractivity contribution in [2.75, 3.05) is 32.8 Å². The van der Waals surface area contributed by atoms with E-state index in [4.69, 9.17) is 9.26 Å². The lowest BCUT2D eigenvalue weighted by Gasteiger charge is -2.34. The van der Waals surface area contributed by atoms with Crippen molar-refractivity contribution >= 4 is 5.91 Å². The number of hydrogen-bond acceptors (Lipinski definition) is 5. The molecule has 1 fully saturated rings. The van der Waals surface area contributed by atoms with Crippen molar-refractivity contribution in [3.05, 3.63) is 47.3 Å². The number of aromatic nitrogens is 1. The second-order valence-electron chi connectivity index (χ2n) is 6.86. The van der Waals surface area contributed by atoms with Gasteiger partial charge in [0.15, 0.2) is 5.76 Å². The van der Waals surface area contributed by atoms with E-state index in [1.807, 2.05) is 49.1 Å². The summed E-state index contributed by atoms with van der Waals surface area (Å²) in [6, 6.07) is 9.95. The molecule has 0 N–H and O–H groups in total. The predicted molar refractivity (Wildman–Crippen MR) is 99.0 cm³/mol. The van der Waals surface area contributed by atoms with E-state index >= 15 is 0 Å². The Morgan fingerprint density at radius 1 is 1.19 bits per heavy atom. The predicted octanol–water partition coefficient (Wildman–Crippen LogP) is 2.79. The van der Waals surface area contributed by atoms with Gasteiger partial charge < -0.3 is 14.2 Å². The Kier molecular flexibility index (Phi) is 6.28. The fraction of sp³-hybridized carbons (Fsp3) is 0.500. The van der Waals surface area contributed by atoms with E-state index in [2.05, 4.69) is 10.1 Å². The Bertz CT molecular complexity index is 721. The van der Waals surface area contributed by atoms with Gasteiger partial charge in [0.2, 0.25) is 5.91 Å². The van der Waals surface area contributed by atoms with Gasteiger partial charge in [0.05, 0.1) is 18.8 Å². The van der Waals surface area contributed by atoms with Crippen LogP contribution in [0, 0.1) is 13.8 Å². The highest BCUT2D eigenvalue weighted by Crippen LogP contribution is 2.14. The van der Waals surface area contributed by atoms with E-state index in [1.165, 1.54) is 5.56 Å². The lowest BCUT2D eigenvalue weighted by atomic mass is 10.2. The highest BCUT2D eigenvalue weighted by Gasteiger charge is 2.21. The zero-order valence-electron chi connectivity index (χ0n) is 15.6. The van der Waals surface area contributed by atoms with Crippen LogP contribution in [0.25, 0.3) is 0 Å². The number of hydrogen-bond donors (Lipinski definition) is 0. The summed E-state index contributed by atoms with van der Waals surface area (Å²) in [5.74, 6) is 1.97. The summed E-state index contributed by atoms with van der Waals surface area (Å²) in [4.78, 5) is 16.6. The SMILES string of the molecule is Cc1cccc(OCCCC(=O)N2CCN(Cc3cc(C)no3)CC2)c1. The van der Waals surface area contributed by atoms with Gasteiger partial charge in [-0.2, -0.15) is 0 Å². The lowest BCUT2D eigenvalue weighted by Crippen LogP contribution is -2.48. The Hall–Kier alpha value is -2.34. The molecule has 0 radical (unpaired) electrons. The van der Waals surface area contributed by atoms with E-state index in [0.29, 0.717) is 13.0 Å². The molecule has 0 spiro atoms. The first-order chi connectivity index (χ1) is 12.6. The molecule has 1 aromatic heterocycles. The van der Waals surface area contributed by atoms with Crippen molar-refractivity contribution in [2.24, 2.45) is 0 Å². The van der Waals surface area contributed by atoms with E-state index in [-0.39, 0.29) is 5.91 Å². The monoisotopic (exact) mass is 357 g/mol. The van der Waals surface area contributed by atoms with Crippen molar-refractivity contribution in [3.8, 4) is 5.75 Å². The third-order valence-corrected chi connectivity index (χ3v) is 4.57. The van der Waals surface area contributed by atoms with Gasteiger partial charge in [-0.25, -0.2) is 0 Å². The molecule has 1 amide bonds. The Labute approximate surface area is 154 Å². The van der Waals surface area contributed by atoms with Crippen LogP contribution in [0.2, 0.25) is 0 Å². The lowest BCUT2D eigenvalue weighted by molar-refractivity contribution is -0.133. The van der Waals surface area contributed by atoms with Crippen LogP contribution in [-0.2, 0) is 11.3 Å². The molecule has 0 unspecified atom stereocenters. The fourth-order valence-electron chi connectivity index (χ4n) is 3.14. The number of carbonyl (C=O) groups excluding carboxylic acids is 1. The summed E-state index contributed by atoms with van der Waals surface area (Å²) in [7, 11) is 0. The van der Waals surface area contributed by atoms with Crippen molar-refractivity contribution in [3.63, 3.8) is 0 Å². The number of amides is 1. The van der Waals surface area contributed by atoms with Gasteiger partial charge in [-0.3, -0.25) is 9.69 Å². The number of piperazine rings is 1. The molecular formula is C20H27N3O3. The van der Waals surface area contributed by atoms with Crippen LogP contribution in [0.15, 0.2) is 34.9 Å². The minimum atomic E-state index is 0.216. The molecule has 2 aromatic rings. The first-order valence-electron chi connectivity index (χ1n) is 9.22. The number of benzene rings is 1. The zero-order chi connectivity index (χ0) is 18.4. The molecule has 2 heterocycles. The number of nitrogens with zero attached hydrogens (tertiary/aromatic N) is 3. The Morgan fingerprint density at radius 2 is 2.00 bits per heavy atom. The molecule has 0 atom stereocenters. The van der Waals surface area contributed by atoms with E-state index in [1.54, 1.807) is 0 Å². The van der Waals surface area contributed by atoms with Crippen molar-refractivity contribution < 1.29 is 14.1 Å². The normalized spacial score (nSPS) is 15.2. The summed E-state index contributed by atoms with van der Waals surface area (Å²) in [6.45, 7) is 8.56. The van der Waals surface area contributed by atoms with E-state index in [0.717, 1.165) is 56.3 Å². The molecule has 1 aromatic carbocycles. The maximum atomic E-state index is 12.4. The van der Waals surface area contributed by atoms with E-state index in [9.17, 15) is 4.79 Å². The van der Waals surface area contributed by atoms with Gasteiger partial charge >= 0.3 is 0 Å². The van der Waals surface area contributed by atoms with Crippen LogP contribution in [0.5, 0.6) is 5.75 Å². The van der Waals surface area contributed by atoms with Crippen molar-refractivity contribution in [1.29, 1.82) is 0 Å². The van der Waals surface area contributed by atoms with Crippen LogP contribution >= 0.6 is 0 Å². The molecule has 0 bridgehead atoms. The quantitative estimate of drug-likeness (QED) is 0.713. The average molecular weight is 357 g/mol. The van der Waals surface area contributed by atoms with Crippen molar-refractivity contribution in [2.45, 2.75) is 33.2 Å². The van der Waals surface area contributed by atoms with Gasteiger partial charge in [-0.05, 0) is 38.0 Å². The maximum Gasteiger partial charge on any atom is 0.222 e. The molecule has 6 nitrogen and oxygen atoms in total. The molecule has 1 saturated heterocycles. The third-order valence-electron chi connectivity index (χ3n) is 4.57. The molecule has 1 aliphatic heterocycles. The first-order valence-corrected chi connectivity index (χ1v) is 9.22. The van der Waals surface area contributed by atoms with Crippen LogP contribution < -0.4 is 4.74 Å². The Balaban J connectivity index is 1.33. The molecule has 1 aliphatic rings. The topological polar surface area (TPSA) is 58.8 Å². The molecule has 6 heteroatoms. The van der Waals surface area contributed by atoms with Gasteiger partial charge in [0.25, 0.3) is 0 Å². The minimum Gasteiger partial charge on any atom is -0.494 e. The van der Waals surface area contributed by atoms with Gasteiger partial charge in [0.1, 0.15) is 5.75 Å². The summed E-state index contributed by atoms with van der Waals surface area (Å²) < 4.78 is 11.0. The number of ether oxygens (including phenoxy) is 1. The molecular weight excluding hydrogens is 330 g/mol. The third kappa shape index (κ3) is 5.33. The maximum absolute atomic E-state index is 12.4.